The quantitative estimate of drug-likeness (QED) is 0.726. The molecule has 0 spiro atoms. The average molecular weight is 441 g/mol. The lowest BCUT2D eigenvalue weighted by Gasteiger charge is -2.43. The Labute approximate surface area is 185 Å². The van der Waals surface area contributed by atoms with Crippen molar-refractivity contribution >= 4 is 15.9 Å². The second-order valence-corrected chi connectivity index (χ2v) is 10.7. The highest BCUT2D eigenvalue weighted by Gasteiger charge is 2.42. The number of carbonyl (C=O) groups excluding carboxylic acids is 1. The summed E-state index contributed by atoms with van der Waals surface area (Å²) in [6.07, 6.45) is 7.22. The van der Waals surface area contributed by atoms with Gasteiger partial charge >= 0.3 is 0 Å². The van der Waals surface area contributed by atoms with Gasteiger partial charge in [0.2, 0.25) is 15.9 Å². The van der Waals surface area contributed by atoms with E-state index >= 15 is 0 Å². The predicted molar refractivity (Wildman–Crippen MR) is 122 cm³/mol. The molecule has 2 atom stereocenters. The van der Waals surface area contributed by atoms with Gasteiger partial charge in [-0.15, -0.1) is 0 Å². The maximum atomic E-state index is 13.6. The predicted octanol–water partition coefficient (Wildman–Crippen LogP) is 4.35. The molecule has 1 aliphatic heterocycles. The Morgan fingerprint density at radius 1 is 0.871 bits per heavy atom. The van der Waals surface area contributed by atoms with Crippen LogP contribution in [-0.4, -0.2) is 31.2 Å². The minimum atomic E-state index is -3.64. The van der Waals surface area contributed by atoms with Crippen molar-refractivity contribution in [1.29, 1.82) is 0 Å². The first-order valence-electron chi connectivity index (χ1n) is 11.4. The van der Waals surface area contributed by atoms with Gasteiger partial charge in [0, 0.05) is 19.1 Å². The van der Waals surface area contributed by atoms with E-state index in [0.717, 1.165) is 31.2 Å². The summed E-state index contributed by atoms with van der Waals surface area (Å²) in [5, 5.41) is 3.01. The highest BCUT2D eigenvalue weighted by atomic mass is 32.2. The average Bonchev–Trinajstić information content (AvgIpc) is 2.84. The molecule has 4 rings (SSSR count). The van der Waals surface area contributed by atoms with Gasteiger partial charge in [0.1, 0.15) is 0 Å². The second-order valence-electron chi connectivity index (χ2n) is 8.83. The Kier molecular flexibility index (Phi) is 7.08. The Balaban J connectivity index is 1.52. The Hall–Kier alpha value is -2.18. The highest BCUT2D eigenvalue weighted by molar-refractivity contribution is 7.89. The first-order chi connectivity index (χ1) is 15.1. The molecular formula is C25H32N2O3S. The van der Waals surface area contributed by atoms with Gasteiger partial charge in [-0.1, -0.05) is 67.8 Å². The number of hydrogen-bond donors (Lipinski definition) is 1. The SMILES string of the molecule is O=C(NCc1ccccc1)C1CCC(C2CCCCC2)N(S(=O)(=O)c2ccccc2)C1. The zero-order valence-electron chi connectivity index (χ0n) is 17.9. The minimum absolute atomic E-state index is 0.0105. The standard InChI is InChI=1S/C25H32N2O3S/c28-25(26-18-20-10-4-1-5-11-20)22-16-17-24(21-12-6-2-7-13-21)27(19-22)31(29,30)23-14-8-3-9-15-23/h1,3-5,8-11,14-15,21-22,24H,2,6-7,12-13,16-19H2,(H,26,28). The molecule has 2 aromatic carbocycles. The first kappa shape index (κ1) is 22.0. The molecule has 2 aromatic rings. The molecule has 6 heteroatoms. The number of piperidine rings is 1. The van der Waals surface area contributed by atoms with E-state index in [9.17, 15) is 13.2 Å². The van der Waals surface area contributed by atoms with E-state index in [0.29, 0.717) is 17.4 Å². The summed E-state index contributed by atoms with van der Waals surface area (Å²) < 4.78 is 28.8. The third-order valence-electron chi connectivity index (χ3n) is 6.81. The van der Waals surface area contributed by atoms with Crippen molar-refractivity contribution in [2.45, 2.75) is 62.4 Å². The lowest BCUT2D eigenvalue weighted by Crippen LogP contribution is -2.53. The van der Waals surface area contributed by atoms with Crippen molar-refractivity contribution in [3.63, 3.8) is 0 Å². The summed E-state index contributed by atoms with van der Waals surface area (Å²) >= 11 is 0. The van der Waals surface area contributed by atoms with Gasteiger partial charge in [-0.2, -0.15) is 4.31 Å². The Morgan fingerprint density at radius 3 is 2.19 bits per heavy atom. The molecule has 1 amide bonds. The van der Waals surface area contributed by atoms with Crippen molar-refractivity contribution in [1.82, 2.24) is 9.62 Å². The molecule has 1 aliphatic carbocycles. The normalized spacial score (nSPS) is 23.4. The fourth-order valence-corrected chi connectivity index (χ4v) is 6.88. The maximum Gasteiger partial charge on any atom is 0.243 e. The summed E-state index contributed by atoms with van der Waals surface area (Å²) in [6.45, 7) is 0.729. The molecule has 5 nitrogen and oxygen atoms in total. The van der Waals surface area contributed by atoms with Crippen molar-refractivity contribution in [2.24, 2.45) is 11.8 Å². The first-order valence-corrected chi connectivity index (χ1v) is 12.9. The highest BCUT2D eigenvalue weighted by Crippen LogP contribution is 2.38. The summed E-state index contributed by atoms with van der Waals surface area (Å²) in [7, 11) is -3.64. The molecule has 166 valence electrons. The molecule has 1 saturated carbocycles. The number of nitrogens with zero attached hydrogens (tertiary/aromatic N) is 1. The summed E-state index contributed by atoms with van der Waals surface area (Å²) in [5.41, 5.74) is 1.04. The van der Waals surface area contributed by atoms with E-state index in [2.05, 4.69) is 5.32 Å². The van der Waals surface area contributed by atoms with Crippen LogP contribution in [0.4, 0.5) is 0 Å². The zero-order valence-corrected chi connectivity index (χ0v) is 18.8. The summed E-state index contributed by atoms with van der Waals surface area (Å²) in [4.78, 5) is 13.3. The van der Waals surface area contributed by atoms with Crippen molar-refractivity contribution in [3.8, 4) is 0 Å². The smallest absolute Gasteiger partial charge is 0.243 e. The number of nitrogens with one attached hydrogen (secondary N) is 1. The molecule has 0 bridgehead atoms. The fraction of sp³-hybridized carbons (Fsp3) is 0.480. The Bertz CT molecular complexity index is 957. The van der Waals surface area contributed by atoms with Gasteiger partial charge in [0.25, 0.3) is 0 Å². The number of amides is 1. The van der Waals surface area contributed by atoms with Crippen LogP contribution >= 0.6 is 0 Å². The van der Waals surface area contributed by atoms with Crippen LogP contribution in [-0.2, 0) is 21.4 Å². The van der Waals surface area contributed by atoms with Crippen LogP contribution in [0.1, 0.15) is 50.5 Å². The molecule has 31 heavy (non-hydrogen) atoms. The van der Waals surface area contributed by atoms with E-state index in [1.54, 1.807) is 28.6 Å². The van der Waals surface area contributed by atoms with Crippen LogP contribution in [0, 0.1) is 11.8 Å². The lowest BCUT2D eigenvalue weighted by atomic mass is 9.79. The maximum absolute atomic E-state index is 13.6. The number of rotatable bonds is 6. The molecule has 1 N–H and O–H groups in total. The van der Waals surface area contributed by atoms with Crippen LogP contribution in [0.2, 0.25) is 0 Å². The van der Waals surface area contributed by atoms with E-state index in [1.165, 1.54) is 19.3 Å². The van der Waals surface area contributed by atoms with E-state index in [-0.39, 0.29) is 24.4 Å². The van der Waals surface area contributed by atoms with Gasteiger partial charge in [-0.05, 0) is 49.3 Å². The van der Waals surface area contributed by atoms with Gasteiger partial charge in [-0.25, -0.2) is 8.42 Å². The largest absolute Gasteiger partial charge is 0.352 e. The van der Waals surface area contributed by atoms with Gasteiger partial charge < -0.3 is 5.32 Å². The van der Waals surface area contributed by atoms with E-state index < -0.39 is 10.0 Å². The Morgan fingerprint density at radius 2 is 1.52 bits per heavy atom. The topological polar surface area (TPSA) is 66.5 Å². The van der Waals surface area contributed by atoms with Crippen molar-refractivity contribution in [3.05, 3.63) is 66.2 Å². The summed E-state index contributed by atoms with van der Waals surface area (Å²) in [5.74, 6) is 0.0156. The van der Waals surface area contributed by atoms with Crippen LogP contribution in [0.25, 0.3) is 0 Å². The number of sulfonamides is 1. The van der Waals surface area contributed by atoms with Crippen LogP contribution in [0.3, 0.4) is 0 Å². The molecule has 2 aliphatic rings. The monoisotopic (exact) mass is 440 g/mol. The summed E-state index contributed by atoms with van der Waals surface area (Å²) in [6, 6.07) is 18.5. The van der Waals surface area contributed by atoms with E-state index in [4.69, 9.17) is 0 Å². The second kappa shape index (κ2) is 9.96. The zero-order chi connectivity index (χ0) is 21.7. The third kappa shape index (κ3) is 5.18. The molecule has 1 saturated heterocycles. The van der Waals surface area contributed by atoms with Crippen LogP contribution < -0.4 is 5.32 Å². The molecule has 0 aromatic heterocycles. The van der Waals surface area contributed by atoms with Gasteiger partial charge in [0.15, 0.2) is 0 Å². The fourth-order valence-electron chi connectivity index (χ4n) is 5.10. The molecule has 2 fully saturated rings. The third-order valence-corrected chi connectivity index (χ3v) is 8.71. The lowest BCUT2D eigenvalue weighted by molar-refractivity contribution is -0.126. The minimum Gasteiger partial charge on any atom is -0.352 e. The van der Waals surface area contributed by atoms with Gasteiger partial charge in [0.05, 0.1) is 10.8 Å². The number of benzene rings is 2. The molecular weight excluding hydrogens is 408 g/mol. The number of carbonyl (C=O) groups is 1. The van der Waals surface area contributed by atoms with Crippen LogP contribution in [0.5, 0.6) is 0 Å². The molecule has 0 radical (unpaired) electrons. The molecule has 1 heterocycles. The van der Waals surface area contributed by atoms with Crippen molar-refractivity contribution < 1.29 is 13.2 Å². The van der Waals surface area contributed by atoms with E-state index in [1.807, 2.05) is 36.4 Å². The van der Waals surface area contributed by atoms with Crippen molar-refractivity contribution in [2.75, 3.05) is 6.54 Å². The van der Waals surface area contributed by atoms with Gasteiger partial charge in [-0.3, -0.25) is 4.79 Å². The molecule has 2 unspecified atom stereocenters. The van der Waals surface area contributed by atoms with Crippen LogP contribution in [0.15, 0.2) is 65.6 Å². The number of hydrogen-bond acceptors (Lipinski definition) is 3.